The summed E-state index contributed by atoms with van der Waals surface area (Å²) in [6.07, 6.45) is 27.5. The van der Waals surface area contributed by atoms with Crippen LogP contribution in [0.2, 0.25) is 0 Å². The Hall–Kier alpha value is -6.97. The van der Waals surface area contributed by atoms with Gasteiger partial charge in [-0.3, -0.25) is 9.59 Å². The summed E-state index contributed by atoms with van der Waals surface area (Å²) in [7, 11) is 1.42. The van der Waals surface area contributed by atoms with Crippen molar-refractivity contribution in [3.05, 3.63) is 84.5 Å². The lowest BCUT2D eigenvalue weighted by atomic mass is 9.91. The maximum absolute atomic E-state index is 13.3. The molecule has 0 spiro atoms. The second-order valence-electron chi connectivity index (χ2n) is 21.9. The number of rotatable bonds is 47. The van der Waals surface area contributed by atoms with E-state index in [4.69, 9.17) is 47.4 Å². The van der Waals surface area contributed by atoms with Crippen LogP contribution in [0.1, 0.15) is 244 Å². The predicted octanol–water partition coefficient (Wildman–Crippen LogP) is 19.5. The van der Waals surface area contributed by atoms with Crippen LogP contribution in [0.4, 0.5) is 0 Å². The van der Waals surface area contributed by atoms with Gasteiger partial charge in [0, 0.05) is 29.4 Å². The normalized spacial score (nSPS) is 11.0. The zero-order valence-corrected chi connectivity index (χ0v) is 54.5. The first-order valence-corrected chi connectivity index (χ1v) is 32.2. The van der Waals surface area contributed by atoms with Crippen LogP contribution in [0.3, 0.4) is 0 Å². The van der Waals surface area contributed by atoms with E-state index in [-0.39, 0.29) is 71.1 Å². The fourth-order valence-corrected chi connectivity index (χ4v) is 8.09. The molecule has 0 bridgehead atoms. The van der Waals surface area contributed by atoms with Crippen LogP contribution < -0.4 is 37.9 Å². The highest BCUT2D eigenvalue weighted by Crippen LogP contribution is 2.43. The van der Waals surface area contributed by atoms with Gasteiger partial charge >= 0.3 is 29.8 Å². The molecule has 3 aromatic carbocycles. The number of esters is 5. The number of unbranched alkanes of at least 4 members (excludes halogenated alkanes) is 14. The molecule has 16 heteroatoms. The minimum Gasteiger partial charge on any atom is -0.490 e. The molecule has 0 aliphatic carbocycles. The van der Waals surface area contributed by atoms with Crippen LogP contribution in [0.25, 0.3) is 12.2 Å². The molecule has 0 aliphatic rings. The fraction of sp³-hybridized carbons (Fsp3) is 0.613. The van der Waals surface area contributed by atoms with E-state index in [0.29, 0.717) is 118 Å². The highest BCUT2D eigenvalue weighted by atomic mass is 16.6. The van der Waals surface area contributed by atoms with Crippen molar-refractivity contribution in [3.63, 3.8) is 0 Å². The highest BCUT2D eigenvalue weighted by molar-refractivity contribution is 5.91. The van der Waals surface area contributed by atoms with Gasteiger partial charge in [0.15, 0.2) is 23.0 Å². The number of methoxy groups -OCH3 is 1. The third kappa shape index (κ3) is 37.8. The number of carbonyl (C=O) groups is 5. The molecular formula is C75H122O16. The van der Waals surface area contributed by atoms with Crippen molar-refractivity contribution < 1.29 is 76.1 Å². The summed E-state index contributed by atoms with van der Waals surface area (Å²) in [5, 5.41) is 0. The Morgan fingerprint density at radius 1 is 0.440 bits per heavy atom. The standard InChI is InChI=1S/C64H92O14.C7H14O2.4CH4/c1-8-14-18-22-45-72-60-51(30-38-55(62(60)74-47-24-20-16-10-3)69-42-26-28-44-71-57(65)13-6)32-40-58(66)77-53-34-36-54(37-35-53)78-59(67)41-33-52-31-39-56(70-43-27-29-49-76-64(68)50(7)12-5)63(75-48-25-21-17-11-4)61(52)73-46-23-19-15-9-2;1-5-7(2,3)6(8)9-4;;;;/h13,30-41,50H,6,8-12,14-29,42-49H2,1-5,7H3;5H2,1-4H3;4*1H4/b40-32+,41-33+;;;;;. The van der Waals surface area contributed by atoms with Crippen molar-refractivity contribution in [3.8, 4) is 46.0 Å². The molecule has 0 aromatic heterocycles. The van der Waals surface area contributed by atoms with E-state index in [9.17, 15) is 24.0 Å². The van der Waals surface area contributed by atoms with Crippen LogP contribution in [-0.4, -0.2) is 89.8 Å². The molecule has 91 heavy (non-hydrogen) atoms. The summed E-state index contributed by atoms with van der Waals surface area (Å²) in [6, 6.07) is 13.5. The van der Waals surface area contributed by atoms with Crippen LogP contribution in [0, 0.1) is 11.3 Å². The van der Waals surface area contributed by atoms with Crippen LogP contribution in [-0.2, 0) is 38.2 Å². The Labute approximate surface area is 550 Å². The van der Waals surface area contributed by atoms with Crippen LogP contribution >= 0.6 is 0 Å². The summed E-state index contributed by atoms with van der Waals surface area (Å²) >= 11 is 0. The van der Waals surface area contributed by atoms with Gasteiger partial charge in [0.2, 0.25) is 11.5 Å². The average molecular weight is 1280 g/mol. The van der Waals surface area contributed by atoms with Gasteiger partial charge in [-0.25, -0.2) is 14.4 Å². The van der Waals surface area contributed by atoms with Gasteiger partial charge < -0.3 is 52.1 Å². The molecule has 0 heterocycles. The zero-order valence-electron chi connectivity index (χ0n) is 54.5. The summed E-state index contributed by atoms with van der Waals surface area (Å²) in [5.74, 6) is 1.34. The summed E-state index contributed by atoms with van der Waals surface area (Å²) in [5.41, 5.74) is 0.939. The average Bonchev–Trinajstić information content (AvgIpc) is 0.880. The molecule has 1 unspecified atom stereocenters. The van der Waals surface area contributed by atoms with E-state index < -0.39 is 17.9 Å². The molecule has 0 N–H and O–H groups in total. The zero-order chi connectivity index (χ0) is 63.9. The van der Waals surface area contributed by atoms with Gasteiger partial charge in [0.1, 0.15) is 11.5 Å². The van der Waals surface area contributed by atoms with E-state index >= 15 is 0 Å². The molecule has 0 amide bonds. The molecule has 3 aromatic rings. The largest absolute Gasteiger partial charge is 0.490 e. The second kappa shape index (κ2) is 54.7. The van der Waals surface area contributed by atoms with Gasteiger partial charge in [-0.05, 0) is 139 Å². The van der Waals surface area contributed by atoms with Gasteiger partial charge in [-0.1, -0.05) is 162 Å². The minimum absolute atomic E-state index is 0. The topological polar surface area (TPSA) is 187 Å². The lowest BCUT2D eigenvalue weighted by molar-refractivity contribution is -0.151. The second-order valence-corrected chi connectivity index (χ2v) is 21.9. The van der Waals surface area contributed by atoms with Crippen molar-refractivity contribution in [2.45, 2.75) is 233 Å². The first-order valence-electron chi connectivity index (χ1n) is 32.2. The highest BCUT2D eigenvalue weighted by Gasteiger charge is 2.26. The molecule has 16 nitrogen and oxygen atoms in total. The van der Waals surface area contributed by atoms with Crippen molar-refractivity contribution in [1.29, 1.82) is 0 Å². The Bertz CT molecular complexity index is 2480. The van der Waals surface area contributed by atoms with Gasteiger partial charge in [0.25, 0.3) is 0 Å². The number of hydrogen-bond acceptors (Lipinski definition) is 16. The van der Waals surface area contributed by atoms with E-state index in [1.165, 1.54) is 19.3 Å². The van der Waals surface area contributed by atoms with Crippen molar-refractivity contribution in [2.24, 2.45) is 11.3 Å². The van der Waals surface area contributed by atoms with Crippen molar-refractivity contribution in [1.82, 2.24) is 0 Å². The smallest absolute Gasteiger partial charge is 0.336 e. The summed E-state index contributed by atoms with van der Waals surface area (Å²) in [6.45, 7) is 24.8. The molecule has 0 fully saturated rings. The third-order valence-corrected chi connectivity index (χ3v) is 14.1. The molecule has 0 saturated carbocycles. The molecule has 0 aliphatic heterocycles. The Morgan fingerprint density at radius 3 is 1.11 bits per heavy atom. The SMILES string of the molecule is C.C.C.C.C=CC(=O)OCCCCOc1ccc(/C=C/C(=O)Oc2ccc(OC(=O)/C=C/c3ccc(OCCCCOC(=O)C(C)CC)c(OCCCCCC)c3OCCCCCC)cc2)c(OCCCCCC)c1OCCCCCC.CCC(C)(C)C(=O)OC. The summed E-state index contributed by atoms with van der Waals surface area (Å²) in [4.78, 5) is 61.0. The van der Waals surface area contributed by atoms with E-state index in [1.54, 1.807) is 42.5 Å². The van der Waals surface area contributed by atoms with Crippen LogP contribution in [0.15, 0.2) is 73.3 Å². The van der Waals surface area contributed by atoms with Gasteiger partial charge in [0.05, 0.1) is 71.3 Å². The number of ether oxygens (including phenoxy) is 11. The number of hydrogen-bond donors (Lipinski definition) is 0. The number of benzene rings is 3. The molecular weight excluding hydrogens is 1160 g/mol. The molecule has 1 atom stereocenters. The Balaban J connectivity index is -0.00000550. The lowest BCUT2D eigenvalue weighted by Crippen LogP contribution is -2.24. The van der Waals surface area contributed by atoms with Gasteiger partial charge in [-0.2, -0.15) is 0 Å². The lowest BCUT2D eigenvalue weighted by Gasteiger charge is -2.19. The Morgan fingerprint density at radius 2 is 0.780 bits per heavy atom. The Kier molecular flexibility index (Phi) is 53.1. The first kappa shape index (κ1) is 88.2. The fourth-order valence-electron chi connectivity index (χ4n) is 8.09. The number of carbonyl (C=O) groups excluding carboxylic acids is 5. The van der Waals surface area contributed by atoms with E-state index in [1.807, 2.05) is 52.8 Å². The molecule has 0 radical (unpaired) electrons. The van der Waals surface area contributed by atoms with Gasteiger partial charge in [-0.15, -0.1) is 0 Å². The third-order valence-electron chi connectivity index (χ3n) is 14.1. The maximum atomic E-state index is 13.3. The predicted molar refractivity (Wildman–Crippen MR) is 371 cm³/mol. The van der Waals surface area contributed by atoms with Crippen molar-refractivity contribution >= 4 is 42.0 Å². The summed E-state index contributed by atoms with van der Waals surface area (Å²) < 4.78 is 64.5. The van der Waals surface area contributed by atoms with Crippen molar-refractivity contribution in [2.75, 3.05) is 60.0 Å². The minimum atomic E-state index is -0.625. The maximum Gasteiger partial charge on any atom is 0.336 e. The molecule has 0 saturated heterocycles. The van der Waals surface area contributed by atoms with E-state index in [2.05, 4.69) is 39.0 Å². The molecule has 3 rings (SSSR count). The van der Waals surface area contributed by atoms with E-state index in [0.717, 1.165) is 122 Å². The first-order chi connectivity index (χ1) is 42.1. The monoisotopic (exact) mass is 1280 g/mol. The molecule has 518 valence electrons. The quantitative estimate of drug-likeness (QED) is 0.0171. The van der Waals surface area contributed by atoms with Crippen LogP contribution in [0.5, 0.6) is 46.0 Å².